The molecule has 0 aliphatic carbocycles. The third-order valence-electron chi connectivity index (χ3n) is 5.24. The first kappa shape index (κ1) is 17.9. The van der Waals surface area contributed by atoms with Gasteiger partial charge in [-0.25, -0.2) is 0 Å². The highest BCUT2D eigenvalue weighted by Gasteiger charge is 2.26. The van der Waals surface area contributed by atoms with E-state index in [0.717, 1.165) is 36.2 Å². The number of nitrogens with zero attached hydrogens (tertiary/aromatic N) is 1. The van der Waals surface area contributed by atoms with Crippen LogP contribution in [0.3, 0.4) is 0 Å². The van der Waals surface area contributed by atoms with E-state index >= 15 is 0 Å². The standard InChI is InChI=1S/C22H22ClNO3/c1-26-19-7-4-6-16-13-20(27-21(16)19)22(25)24-12-3-2-5-17(14-24)15-8-10-18(23)11-9-15/h4,6-11,13,17H,2-3,5,12,14H2,1H3. The molecule has 4 rings (SSSR count). The molecule has 1 atom stereocenters. The average Bonchev–Trinajstić information content (AvgIpc) is 2.98. The number of carbonyl (C=O) groups is 1. The van der Waals surface area contributed by atoms with E-state index in [1.807, 2.05) is 41.3 Å². The lowest BCUT2D eigenvalue weighted by Gasteiger charge is -2.24. The van der Waals surface area contributed by atoms with Crippen LogP contribution in [0.4, 0.5) is 0 Å². The van der Waals surface area contributed by atoms with E-state index < -0.39 is 0 Å². The van der Waals surface area contributed by atoms with E-state index in [4.69, 9.17) is 20.8 Å². The number of hydrogen-bond donors (Lipinski definition) is 0. The second-order valence-corrected chi connectivity index (χ2v) is 7.42. The van der Waals surface area contributed by atoms with Crippen molar-refractivity contribution in [3.63, 3.8) is 0 Å². The number of halogens is 1. The zero-order valence-electron chi connectivity index (χ0n) is 15.3. The normalized spacial score (nSPS) is 17.7. The van der Waals surface area contributed by atoms with Gasteiger partial charge in [0.25, 0.3) is 5.91 Å². The van der Waals surface area contributed by atoms with Crippen LogP contribution < -0.4 is 4.74 Å². The van der Waals surface area contributed by atoms with Gasteiger partial charge in [0.2, 0.25) is 0 Å². The molecule has 1 fully saturated rings. The molecule has 0 bridgehead atoms. The van der Waals surface area contributed by atoms with Crippen LogP contribution in [0.2, 0.25) is 5.02 Å². The number of fused-ring (bicyclic) bond motifs is 1. The minimum absolute atomic E-state index is 0.0610. The summed E-state index contributed by atoms with van der Waals surface area (Å²) in [7, 11) is 1.60. The fourth-order valence-electron chi connectivity index (χ4n) is 3.79. The number of rotatable bonds is 3. The zero-order chi connectivity index (χ0) is 18.8. The predicted octanol–water partition coefficient (Wildman–Crippen LogP) is 5.50. The van der Waals surface area contributed by atoms with Gasteiger partial charge in [0.1, 0.15) is 0 Å². The Labute approximate surface area is 163 Å². The summed E-state index contributed by atoms with van der Waals surface area (Å²) in [6.45, 7) is 1.44. The molecule has 1 aliphatic rings. The van der Waals surface area contributed by atoms with Crippen LogP contribution in [-0.2, 0) is 0 Å². The molecule has 1 unspecified atom stereocenters. The van der Waals surface area contributed by atoms with Gasteiger partial charge in [0.05, 0.1) is 7.11 Å². The van der Waals surface area contributed by atoms with Gasteiger partial charge in [-0.3, -0.25) is 4.79 Å². The van der Waals surface area contributed by atoms with Gasteiger partial charge in [0, 0.05) is 29.4 Å². The van der Waals surface area contributed by atoms with Gasteiger partial charge in [-0.2, -0.15) is 0 Å². The third kappa shape index (κ3) is 3.67. The van der Waals surface area contributed by atoms with Crippen molar-refractivity contribution in [2.45, 2.75) is 25.2 Å². The Balaban J connectivity index is 1.59. The van der Waals surface area contributed by atoms with E-state index in [0.29, 0.717) is 29.6 Å². The van der Waals surface area contributed by atoms with E-state index in [1.165, 1.54) is 5.56 Å². The summed E-state index contributed by atoms with van der Waals surface area (Å²) < 4.78 is 11.2. The molecule has 1 amide bonds. The third-order valence-corrected chi connectivity index (χ3v) is 5.49. The number of ether oxygens (including phenoxy) is 1. The topological polar surface area (TPSA) is 42.7 Å². The van der Waals surface area contributed by atoms with Crippen molar-refractivity contribution in [3.05, 3.63) is 64.9 Å². The van der Waals surface area contributed by atoms with E-state index in [1.54, 1.807) is 7.11 Å². The first-order valence-corrected chi connectivity index (χ1v) is 9.65. The van der Waals surface area contributed by atoms with Crippen LogP contribution >= 0.6 is 11.6 Å². The highest BCUT2D eigenvalue weighted by molar-refractivity contribution is 6.30. The number of methoxy groups -OCH3 is 1. The Kier molecular flexibility index (Phi) is 5.08. The van der Waals surface area contributed by atoms with Gasteiger partial charge in [-0.1, -0.05) is 42.3 Å². The molecule has 2 heterocycles. The molecular weight excluding hydrogens is 362 g/mol. The maximum absolute atomic E-state index is 13.1. The van der Waals surface area contributed by atoms with E-state index in [-0.39, 0.29) is 5.91 Å². The van der Waals surface area contributed by atoms with Crippen LogP contribution in [0.5, 0.6) is 5.75 Å². The fraction of sp³-hybridized carbons (Fsp3) is 0.318. The van der Waals surface area contributed by atoms with Crippen molar-refractivity contribution < 1.29 is 13.9 Å². The molecule has 0 N–H and O–H groups in total. The Morgan fingerprint density at radius 2 is 2.00 bits per heavy atom. The number of hydrogen-bond acceptors (Lipinski definition) is 3. The first-order chi connectivity index (χ1) is 13.2. The van der Waals surface area contributed by atoms with Crippen LogP contribution in [0.1, 0.15) is 41.3 Å². The molecular formula is C22H22ClNO3. The lowest BCUT2D eigenvalue weighted by atomic mass is 9.94. The van der Waals surface area contributed by atoms with Crippen LogP contribution in [0.15, 0.2) is 52.9 Å². The quantitative estimate of drug-likeness (QED) is 0.599. The highest BCUT2D eigenvalue weighted by Crippen LogP contribution is 2.31. The van der Waals surface area contributed by atoms with Gasteiger partial charge in [0.15, 0.2) is 17.1 Å². The van der Waals surface area contributed by atoms with Crippen LogP contribution in [0, 0.1) is 0 Å². The largest absolute Gasteiger partial charge is 0.493 e. The number of carbonyl (C=O) groups excluding carboxylic acids is 1. The molecule has 1 aromatic heterocycles. The number of furan rings is 1. The zero-order valence-corrected chi connectivity index (χ0v) is 16.0. The summed E-state index contributed by atoms with van der Waals surface area (Å²) in [6.07, 6.45) is 3.17. The Morgan fingerprint density at radius 1 is 1.19 bits per heavy atom. The van der Waals surface area contributed by atoms with Gasteiger partial charge in [-0.15, -0.1) is 0 Å². The molecule has 0 radical (unpaired) electrons. The molecule has 3 aromatic rings. The summed E-state index contributed by atoms with van der Waals surface area (Å²) in [6, 6.07) is 15.4. The Hall–Kier alpha value is -2.46. The monoisotopic (exact) mass is 383 g/mol. The predicted molar refractivity (Wildman–Crippen MR) is 107 cm³/mol. The molecule has 5 heteroatoms. The van der Waals surface area contributed by atoms with Crippen molar-refractivity contribution in [1.82, 2.24) is 4.90 Å². The summed E-state index contributed by atoms with van der Waals surface area (Å²) in [5.41, 5.74) is 1.85. The number of likely N-dealkylation sites (tertiary alicyclic amines) is 1. The van der Waals surface area contributed by atoms with E-state index in [9.17, 15) is 4.79 Å². The van der Waals surface area contributed by atoms with Crippen molar-refractivity contribution >= 4 is 28.5 Å². The Morgan fingerprint density at radius 3 is 2.78 bits per heavy atom. The van der Waals surface area contributed by atoms with Gasteiger partial charge in [-0.05, 0) is 42.7 Å². The minimum Gasteiger partial charge on any atom is -0.493 e. The molecule has 2 aromatic carbocycles. The Bertz CT molecular complexity index is 948. The molecule has 27 heavy (non-hydrogen) atoms. The van der Waals surface area contributed by atoms with Crippen LogP contribution in [0.25, 0.3) is 11.0 Å². The number of para-hydroxylation sites is 1. The summed E-state index contributed by atoms with van der Waals surface area (Å²) in [5, 5.41) is 1.61. The highest BCUT2D eigenvalue weighted by atomic mass is 35.5. The van der Waals surface area contributed by atoms with Gasteiger partial charge < -0.3 is 14.1 Å². The molecule has 0 saturated carbocycles. The number of benzene rings is 2. The molecule has 0 spiro atoms. The second-order valence-electron chi connectivity index (χ2n) is 6.98. The van der Waals surface area contributed by atoms with Crippen molar-refractivity contribution in [2.75, 3.05) is 20.2 Å². The lowest BCUT2D eigenvalue weighted by molar-refractivity contribution is 0.0724. The van der Waals surface area contributed by atoms with Crippen molar-refractivity contribution in [3.8, 4) is 5.75 Å². The molecule has 1 saturated heterocycles. The smallest absolute Gasteiger partial charge is 0.289 e. The first-order valence-electron chi connectivity index (χ1n) is 9.27. The lowest BCUT2D eigenvalue weighted by Crippen LogP contribution is -2.33. The number of amides is 1. The van der Waals surface area contributed by atoms with E-state index in [2.05, 4.69) is 12.1 Å². The van der Waals surface area contributed by atoms with Crippen molar-refractivity contribution in [2.24, 2.45) is 0 Å². The molecule has 140 valence electrons. The summed E-state index contributed by atoms with van der Waals surface area (Å²) in [5.74, 6) is 1.26. The SMILES string of the molecule is COc1cccc2cc(C(=O)N3CCCCC(c4ccc(Cl)cc4)C3)oc12. The summed E-state index contributed by atoms with van der Waals surface area (Å²) in [4.78, 5) is 15.0. The minimum atomic E-state index is -0.0610. The molecule has 1 aliphatic heterocycles. The average molecular weight is 384 g/mol. The van der Waals surface area contributed by atoms with Crippen molar-refractivity contribution in [1.29, 1.82) is 0 Å². The van der Waals surface area contributed by atoms with Crippen LogP contribution in [-0.4, -0.2) is 31.0 Å². The second kappa shape index (κ2) is 7.65. The fourth-order valence-corrected chi connectivity index (χ4v) is 3.92. The maximum Gasteiger partial charge on any atom is 0.289 e. The molecule has 4 nitrogen and oxygen atoms in total. The van der Waals surface area contributed by atoms with Gasteiger partial charge >= 0.3 is 0 Å². The maximum atomic E-state index is 13.1. The summed E-state index contributed by atoms with van der Waals surface area (Å²) >= 11 is 6.02.